The number of ether oxygens (including phenoxy) is 3. The molecule has 250 valence electrons. The number of aryl methyl sites for hydroxylation is 5. The monoisotopic (exact) mass is 704 g/mol. The first kappa shape index (κ1) is 36.0. The van der Waals surface area contributed by atoms with Gasteiger partial charge in [0.15, 0.2) is 0 Å². The van der Waals surface area contributed by atoms with Crippen LogP contribution in [0.25, 0.3) is 0 Å². The van der Waals surface area contributed by atoms with Crippen LogP contribution in [-0.2, 0) is 46.0 Å². The van der Waals surface area contributed by atoms with E-state index >= 15 is 0 Å². The second-order valence-electron chi connectivity index (χ2n) is 12.4. The first-order chi connectivity index (χ1) is 22.7. The van der Waals surface area contributed by atoms with Crippen LogP contribution in [-0.4, -0.2) is 21.3 Å². The van der Waals surface area contributed by atoms with E-state index in [1.54, 1.807) is 21.3 Å². The predicted octanol–water partition coefficient (Wildman–Crippen LogP) is 11.3. The molecule has 10 aliphatic rings. The van der Waals surface area contributed by atoms with Gasteiger partial charge in [0.2, 0.25) is 0 Å². The van der Waals surface area contributed by atoms with Gasteiger partial charge in [0.05, 0.1) is 21.3 Å². The molecule has 0 fully saturated rings. The molecule has 0 saturated carbocycles. The highest BCUT2D eigenvalue weighted by atomic mass is 32.2. The van der Waals surface area contributed by atoms with Crippen molar-refractivity contribution in [2.24, 2.45) is 0 Å². The molecule has 0 radical (unpaired) electrons. The van der Waals surface area contributed by atoms with Crippen molar-refractivity contribution in [3.05, 3.63) is 121 Å². The van der Waals surface area contributed by atoms with Gasteiger partial charge in [0.1, 0.15) is 17.2 Å². The lowest BCUT2D eigenvalue weighted by Gasteiger charge is -2.17. The fourth-order valence-corrected chi connectivity index (χ4v) is 10.5. The molecule has 0 spiro atoms. The van der Waals surface area contributed by atoms with Crippen molar-refractivity contribution in [1.29, 1.82) is 0 Å². The van der Waals surface area contributed by atoms with Crippen molar-refractivity contribution < 1.29 is 14.2 Å². The molecule has 4 aromatic rings. The molecule has 14 rings (SSSR count). The fraction of sp³-hybridized carbons (Fsp3) is 0.400. The Labute approximate surface area is 299 Å². The van der Waals surface area contributed by atoms with Crippen molar-refractivity contribution in [2.75, 3.05) is 21.3 Å². The van der Waals surface area contributed by atoms with Crippen LogP contribution in [0.15, 0.2) is 48.5 Å². The van der Waals surface area contributed by atoms with E-state index in [4.69, 9.17) is 14.2 Å². The largest absolute Gasteiger partial charge is 0.496 e. The van der Waals surface area contributed by atoms with E-state index < -0.39 is 0 Å². The topological polar surface area (TPSA) is 27.7 Å². The molecule has 10 aliphatic heterocycles. The quantitative estimate of drug-likeness (QED) is 0.210. The number of methoxy groups -OCH3 is 3. The molecule has 8 bridgehead atoms. The van der Waals surface area contributed by atoms with E-state index in [2.05, 4.69) is 83.1 Å². The Balaban J connectivity index is 1.42. The Hall–Kier alpha value is -2.32. The number of benzene rings is 4. The molecular formula is C40H48O3S4. The lowest BCUT2D eigenvalue weighted by molar-refractivity contribution is 0.410. The van der Waals surface area contributed by atoms with Crippen LogP contribution in [0, 0.1) is 34.6 Å². The Morgan fingerprint density at radius 3 is 0.745 bits per heavy atom. The SMILES string of the molecule is COc1cc2c(C)cc1CSCc1cc(C)c(cc1C)CSCc1cc(C)c(cc1OC)CSCc1cc(C)c(cc1OC)CSC2. The van der Waals surface area contributed by atoms with Crippen LogP contribution in [0.4, 0.5) is 0 Å². The molecule has 0 amide bonds. The molecule has 10 heterocycles. The van der Waals surface area contributed by atoms with Crippen LogP contribution >= 0.6 is 47.0 Å². The van der Waals surface area contributed by atoms with Crippen molar-refractivity contribution in [3.8, 4) is 17.2 Å². The van der Waals surface area contributed by atoms with E-state index in [-0.39, 0.29) is 0 Å². The summed E-state index contributed by atoms with van der Waals surface area (Å²) < 4.78 is 17.7. The van der Waals surface area contributed by atoms with Gasteiger partial charge in [-0.1, -0.05) is 30.3 Å². The van der Waals surface area contributed by atoms with E-state index in [0.29, 0.717) is 0 Å². The summed E-state index contributed by atoms with van der Waals surface area (Å²) in [6, 6.07) is 18.5. The minimum absolute atomic E-state index is 0.901. The van der Waals surface area contributed by atoms with Gasteiger partial charge in [0, 0.05) is 62.7 Å². The van der Waals surface area contributed by atoms with Gasteiger partial charge >= 0.3 is 0 Å². The van der Waals surface area contributed by atoms with Gasteiger partial charge in [-0.2, -0.15) is 47.0 Å². The third-order valence-electron chi connectivity index (χ3n) is 9.07. The van der Waals surface area contributed by atoms with Gasteiger partial charge < -0.3 is 14.2 Å². The number of rotatable bonds is 3. The van der Waals surface area contributed by atoms with Crippen molar-refractivity contribution in [2.45, 2.75) is 80.6 Å². The predicted molar refractivity (Wildman–Crippen MR) is 209 cm³/mol. The van der Waals surface area contributed by atoms with Gasteiger partial charge in [-0.05, 0) is 108 Å². The maximum atomic E-state index is 5.90. The highest BCUT2D eigenvalue weighted by Gasteiger charge is 2.15. The van der Waals surface area contributed by atoms with Gasteiger partial charge in [-0.3, -0.25) is 0 Å². The average molecular weight is 705 g/mol. The van der Waals surface area contributed by atoms with E-state index in [0.717, 1.165) is 63.3 Å². The average Bonchev–Trinajstić information content (AvgIpc) is 3.05. The normalized spacial score (nSPS) is 14.6. The molecule has 0 N–H and O–H groups in total. The van der Waals surface area contributed by atoms with Crippen LogP contribution in [0.5, 0.6) is 17.2 Å². The van der Waals surface area contributed by atoms with Crippen LogP contribution in [0.2, 0.25) is 0 Å². The molecule has 0 unspecified atom stereocenters. The zero-order valence-corrected chi connectivity index (χ0v) is 32.4. The molecule has 0 atom stereocenters. The van der Waals surface area contributed by atoms with Crippen LogP contribution < -0.4 is 14.2 Å². The molecular weight excluding hydrogens is 657 g/mol. The summed E-state index contributed by atoms with van der Waals surface area (Å²) in [5.41, 5.74) is 17.4. The summed E-state index contributed by atoms with van der Waals surface area (Å²) in [6.45, 7) is 11.2. The lowest BCUT2D eigenvalue weighted by Crippen LogP contribution is -1.99. The molecule has 3 nitrogen and oxygen atoms in total. The summed E-state index contributed by atoms with van der Waals surface area (Å²) in [5, 5.41) is 0. The van der Waals surface area contributed by atoms with Gasteiger partial charge in [-0.15, -0.1) is 0 Å². The minimum Gasteiger partial charge on any atom is -0.496 e. The van der Waals surface area contributed by atoms with E-state index in [1.165, 1.54) is 72.3 Å². The van der Waals surface area contributed by atoms with Crippen LogP contribution in [0.3, 0.4) is 0 Å². The highest BCUT2D eigenvalue weighted by Crippen LogP contribution is 2.36. The molecule has 4 aromatic carbocycles. The van der Waals surface area contributed by atoms with E-state index in [1.807, 2.05) is 47.0 Å². The van der Waals surface area contributed by atoms with Crippen molar-refractivity contribution in [3.63, 3.8) is 0 Å². The molecule has 0 saturated heterocycles. The highest BCUT2D eigenvalue weighted by molar-refractivity contribution is 7.98. The maximum Gasteiger partial charge on any atom is 0.123 e. The molecule has 7 heteroatoms. The smallest absolute Gasteiger partial charge is 0.123 e. The van der Waals surface area contributed by atoms with Crippen LogP contribution in [0.1, 0.15) is 72.3 Å². The second-order valence-corrected chi connectivity index (χ2v) is 16.4. The number of hydrogen-bond acceptors (Lipinski definition) is 7. The Morgan fingerprint density at radius 1 is 0.319 bits per heavy atom. The van der Waals surface area contributed by atoms with Gasteiger partial charge in [-0.25, -0.2) is 0 Å². The Morgan fingerprint density at radius 2 is 0.511 bits per heavy atom. The van der Waals surface area contributed by atoms with E-state index in [9.17, 15) is 0 Å². The zero-order chi connectivity index (χ0) is 33.5. The first-order valence-electron chi connectivity index (χ1n) is 16.1. The first-order valence-corrected chi connectivity index (χ1v) is 20.7. The number of thioether (sulfide) groups is 4. The molecule has 0 aliphatic carbocycles. The van der Waals surface area contributed by atoms with Gasteiger partial charge in [0.25, 0.3) is 0 Å². The number of hydrogen-bond donors (Lipinski definition) is 0. The second kappa shape index (κ2) is 16.9. The summed E-state index contributed by atoms with van der Waals surface area (Å²) >= 11 is 7.81. The zero-order valence-electron chi connectivity index (χ0n) is 29.1. The standard InChI is InChI=1S/C40H48O3S4/c1-25-10-31-18-46-23-36-13-29(5)34(16-40(36)43-8)21-47-24-37-12-28(4)33(15-39(37)42-7)20-44-19-32-14-38(41-6)35(11-27(32)3)22-45-17-30(25)9-26(31)2/h9-16H,17-24H2,1-8H3. The summed E-state index contributed by atoms with van der Waals surface area (Å²) in [4.78, 5) is 0. The molecule has 0 aromatic heterocycles. The van der Waals surface area contributed by atoms with Crippen molar-refractivity contribution >= 4 is 47.0 Å². The fourth-order valence-electron chi connectivity index (χ4n) is 6.08. The third kappa shape index (κ3) is 9.03. The maximum absolute atomic E-state index is 5.90. The Kier molecular flexibility index (Phi) is 12.9. The summed E-state index contributed by atoms with van der Waals surface area (Å²) in [5.74, 6) is 10.5. The molecule has 47 heavy (non-hydrogen) atoms. The lowest BCUT2D eigenvalue weighted by atomic mass is 10.0. The summed E-state index contributed by atoms with van der Waals surface area (Å²) in [7, 11) is 5.38. The Bertz CT molecular complexity index is 1720. The minimum atomic E-state index is 0.901. The summed E-state index contributed by atoms with van der Waals surface area (Å²) in [6.07, 6.45) is 0. The third-order valence-corrected chi connectivity index (χ3v) is 13.2. The van der Waals surface area contributed by atoms with Crippen molar-refractivity contribution in [1.82, 2.24) is 0 Å².